The van der Waals surface area contributed by atoms with Gasteiger partial charge in [0.05, 0.1) is 7.11 Å². The van der Waals surface area contributed by atoms with E-state index < -0.39 is 11.2 Å². The van der Waals surface area contributed by atoms with Crippen LogP contribution in [-0.4, -0.2) is 21.6 Å². The zero-order valence-corrected chi connectivity index (χ0v) is 8.27. The first-order chi connectivity index (χ1) is 7.15. The fourth-order valence-electron chi connectivity index (χ4n) is 1.41. The minimum absolute atomic E-state index is 0.280. The molecular weight excluding hydrogens is 198 g/mol. The minimum Gasteiger partial charge on any atom is -0.496 e. The highest BCUT2D eigenvalue weighted by Crippen LogP contribution is 2.17. The summed E-state index contributed by atoms with van der Waals surface area (Å²) in [7, 11) is 2.99. The standard InChI is InChI=1S/C9H9N3O3/c1-12-7-6(8(13)11-9(12)14)5(15-2)3-4-10-7/h3-4H,1-2H3,(H,11,13,14). The van der Waals surface area contributed by atoms with Gasteiger partial charge in [-0.05, 0) is 6.07 Å². The molecular formula is C9H9N3O3. The second kappa shape index (κ2) is 3.23. The minimum atomic E-state index is -0.492. The van der Waals surface area contributed by atoms with Crippen molar-refractivity contribution in [2.75, 3.05) is 7.11 Å². The number of aryl methyl sites for hydroxylation is 1. The highest BCUT2D eigenvalue weighted by Gasteiger charge is 2.10. The van der Waals surface area contributed by atoms with Gasteiger partial charge in [0.25, 0.3) is 5.56 Å². The molecule has 0 fully saturated rings. The van der Waals surface area contributed by atoms with Crippen LogP contribution in [0, 0.1) is 0 Å². The van der Waals surface area contributed by atoms with Gasteiger partial charge in [0.1, 0.15) is 11.1 Å². The van der Waals surface area contributed by atoms with Crippen molar-refractivity contribution >= 4 is 11.0 Å². The van der Waals surface area contributed by atoms with Crippen LogP contribution in [0.3, 0.4) is 0 Å². The van der Waals surface area contributed by atoms with Crippen molar-refractivity contribution in [3.8, 4) is 5.75 Å². The Hall–Kier alpha value is -2.11. The average molecular weight is 207 g/mol. The topological polar surface area (TPSA) is 77.0 Å². The molecule has 0 unspecified atom stereocenters. The van der Waals surface area contributed by atoms with E-state index in [4.69, 9.17) is 4.74 Å². The number of pyridine rings is 1. The van der Waals surface area contributed by atoms with Gasteiger partial charge in [0, 0.05) is 13.2 Å². The summed E-state index contributed by atoms with van der Waals surface area (Å²) >= 11 is 0. The maximum atomic E-state index is 11.5. The van der Waals surface area contributed by atoms with Gasteiger partial charge in [-0.15, -0.1) is 0 Å². The maximum Gasteiger partial charge on any atom is 0.329 e. The van der Waals surface area contributed by atoms with E-state index >= 15 is 0 Å². The molecule has 78 valence electrons. The van der Waals surface area contributed by atoms with Gasteiger partial charge in [0.15, 0.2) is 5.65 Å². The van der Waals surface area contributed by atoms with Gasteiger partial charge in [-0.1, -0.05) is 0 Å². The summed E-state index contributed by atoms with van der Waals surface area (Å²) in [6, 6.07) is 1.57. The first-order valence-electron chi connectivity index (χ1n) is 4.27. The van der Waals surface area contributed by atoms with Gasteiger partial charge in [-0.3, -0.25) is 14.3 Å². The molecule has 0 radical (unpaired) electrons. The third-order valence-corrected chi connectivity index (χ3v) is 2.18. The first kappa shape index (κ1) is 9.45. The number of hydrogen-bond acceptors (Lipinski definition) is 4. The summed E-state index contributed by atoms with van der Waals surface area (Å²) < 4.78 is 6.29. The number of methoxy groups -OCH3 is 1. The van der Waals surface area contributed by atoms with Crippen molar-refractivity contribution in [2.45, 2.75) is 0 Å². The smallest absolute Gasteiger partial charge is 0.329 e. The number of fused-ring (bicyclic) bond motifs is 1. The zero-order chi connectivity index (χ0) is 11.0. The molecule has 2 aromatic rings. The molecule has 0 bridgehead atoms. The lowest BCUT2D eigenvalue weighted by Gasteiger charge is -2.05. The summed E-state index contributed by atoms with van der Waals surface area (Å²) in [6.45, 7) is 0. The Morgan fingerprint density at radius 2 is 2.20 bits per heavy atom. The van der Waals surface area contributed by atoms with Crippen molar-refractivity contribution in [3.05, 3.63) is 33.1 Å². The van der Waals surface area contributed by atoms with Crippen LogP contribution in [0.15, 0.2) is 21.9 Å². The Labute approximate surface area is 84.1 Å². The molecule has 0 aromatic carbocycles. The molecule has 0 aliphatic carbocycles. The van der Waals surface area contributed by atoms with Crippen LogP contribution in [0.2, 0.25) is 0 Å². The summed E-state index contributed by atoms with van der Waals surface area (Å²) in [6.07, 6.45) is 1.49. The number of H-pyrrole nitrogens is 1. The summed E-state index contributed by atoms with van der Waals surface area (Å²) in [5.41, 5.74) is -0.672. The Morgan fingerprint density at radius 3 is 2.87 bits per heavy atom. The molecule has 2 heterocycles. The van der Waals surface area contributed by atoms with Crippen LogP contribution >= 0.6 is 0 Å². The Morgan fingerprint density at radius 1 is 1.47 bits per heavy atom. The van der Waals surface area contributed by atoms with E-state index in [1.807, 2.05) is 0 Å². The Bertz CT molecular complexity index is 627. The normalized spacial score (nSPS) is 10.5. The second-order valence-electron chi connectivity index (χ2n) is 3.03. The molecule has 6 heteroatoms. The number of nitrogens with zero attached hydrogens (tertiary/aromatic N) is 2. The van der Waals surface area contributed by atoms with Crippen LogP contribution in [0.1, 0.15) is 0 Å². The average Bonchev–Trinajstić information content (AvgIpc) is 2.25. The summed E-state index contributed by atoms with van der Waals surface area (Å²) in [5.74, 6) is 0.400. The number of aromatic amines is 1. The highest BCUT2D eigenvalue weighted by atomic mass is 16.5. The number of nitrogens with one attached hydrogen (secondary N) is 1. The van der Waals surface area contributed by atoms with E-state index in [-0.39, 0.29) is 5.39 Å². The Balaban J connectivity index is 3.09. The lowest BCUT2D eigenvalue weighted by atomic mass is 10.3. The number of aromatic nitrogens is 3. The van der Waals surface area contributed by atoms with E-state index in [0.717, 1.165) is 0 Å². The van der Waals surface area contributed by atoms with E-state index in [1.165, 1.54) is 24.9 Å². The number of hydrogen-bond donors (Lipinski definition) is 1. The molecule has 2 rings (SSSR count). The number of rotatable bonds is 1. The summed E-state index contributed by atoms with van der Waals surface area (Å²) in [4.78, 5) is 29.0. The molecule has 0 aliphatic heterocycles. The second-order valence-corrected chi connectivity index (χ2v) is 3.03. The summed E-state index contributed by atoms with van der Waals surface area (Å²) in [5, 5.41) is 0.280. The van der Waals surface area contributed by atoms with Gasteiger partial charge in [-0.2, -0.15) is 0 Å². The SMILES string of the molecule is COc1ccnc2c1c(=O)[nH]c(=O)n2C. The lowest BCUT2D eigenvalue weighted by Crippen LogP contribution is -2.29. The van der Waals surface area contributed by atoms with Crippen molar-refractivity contribution < 1.29 is 4.74 Å². The van der Waals surface area contributed by atoms with Crippen LogP contribution in [0.5, 0.6) is 5.75 Å². The van der Waals surface area contributed by atoms with E-state index in [2.05, 4.69) is 9.97 Å². The number of ether oxygens (including phenoxy) is 1. The third kappa shape index (κ3) is 1.30. The molecule has 2 aromatic heterocycles. The van der Waals surface area contributed by atoms with Crippen molar-refractivity contribution in [1.82, 2.24) is 14.5 Å². The van der Waals surface area contributed by atoms with Crippen LogP contribution in [0.4, 0.5) is 0 Å². The largest absolute Gasteiger partial charge is 0.496 e. The van der Waals surface area contributed by atoms with Crippen molar-refractivity contribution in [2.24, 2.45) is 7.05 Å². The van der Waals surface area contributed by atoms with E-state index in [0.29, 0.717) is 11.4 Å². The molecule has 0 saturated heterocycles. The maximum absolute atomic E-state index is 11.5. The fraction of sp³-hybridized carbons (Fsp3) is 0.222. The van der Waals surface area contributed by atoms with Crippen molar-refractivity contribution in [1.29, 1.82) is 0 Å². The van der Waals surface area contributed by atoms with E-state index in [1.54, 1.807) is 6.07 Å². The highest BCUT2D eigenvalue weighted by molar-refractivity contribution is 5.80. The molecule has 6 nitrogen and oxygen atoms in total. The van der Waals surface area contributed by atoms with Gasteiger partial charge < -0.3 is 4.74 Å². The van der Waals surface area contributed by atoms with Crippen LogP contribution < -0.4 is 16.0 Å². The molecule has 0 atom stereocenters. The lowest BCUT2D eigenvalue weighted by molar-refractivity contribution is 0.419. The monoisotopic (exact) mass is 207 g/mol. The first-order valence-corrected chi connectivity index (χ1v) is 4.27. The van der Waals surface area contributed by atoms with Crippen LogP contribution in [0.25, 0.3) is 11.0 Å². The predicted molar refractivity (Wildman–Crippen MR) is 54.2 cm³/mol. The Kier molecular flexibility index (Phi) is 2.03. The fourth-order valence-corrected chi connectivity index (χ4v) is 1.41. The predicted octanol–water partition coefficient (Wildman–Crippen LogP) is -0.370. The molecule has 0 saturated carbocycles. The molecule has 1 N–H and O–H groups in total. The van der Waals surface area contributed by atoms with Gasteiger partial charge >= 0.3 is 5.69 Å². The van der Waals surface area contributed by atoms with Gasteiger partial charge in [0.2, 0.25) is 0 Å². The van der Waals surface area contributed by atoms with E-state index in [9.17, 15) is 9.59 Å². The molecule has 15 heavy (non-hydrogen) atoms. The van der Waals surface area contributed by atoms with Crippen molar-refractivity contribution in [3.63, 3.8) is 0 Å². The zero-order valence-electron chi connectivity index (χ0n) is 8.27. The quantitative estimate of drug-likeness (QED) is 0.692. The molecule has 0 spiro atoms. The van der Waals surface area contributed by atoms with Crippen LogP contribution in [-0.2, 0) is 7.05 Å². The van der Waals surface area contributed by atoms with Gasteiger partial charge in [-0.25, -0.2) is 9.78 Å². The molecule has 0 amide bonds. The molecule has 0 aliphatic rings. The third-order valence-electron chi connectivity index (χ3n) is 2.18.